The van der Waals surface area contributed by atoms with E-state index >= 15 is 0 Å². The fourth-order valence-corrected chi connectivity index (χ4v) is 5.13. The van der Waals surface area contributed by atoms with Crippen molar-refractivity contribution in [3.05, 3.63) is 75.9 Å². The molecular weight excluding hydrogens is 422 g/mol. The van der Waals surface area contributed by atoms with Crippen LogP contribution >= 0.6 is 11.8 Å². The molecule has 0 saturated carbocycles. The standard InChI is InChI=1S/C25H25N3O3S/c1-15-7-4-5-8-17(15)27-21(30)14-32-24-16(13-26)22(20-9-6-10-31-20)23-18(28-24)11-25(2,3)12-19(23)29/h4-10,22,28H,11-12,14H2,1-3H3,(H,27,30)/t22-/m1/s1. The van der Waals surface area contributed by atoms with Gasteiger partial charge in [-0.3, -0.25) is 9.59 Å². The highest BCUT2D eigenvalue weighted by Crippen LogP contribution is 2.47. The number of anilines is 1. The summed E-state index contributed by atoms with van der Waals surface area (Å²) >= 11 is 1.27. The second-order valence-corrected chi connectivity index (χ2v) is 9.90. The van der Waals surface area contributed by atoms with E-state index in [0.717, 1.165) is 16.9 Å². The van der Waals surface area contributed by atoms with Crippen LogP contribution in [0.5, 0.6) is 0 Å². The molecule has 4 rings (SSSR count). The van der Waals surface area contributed by atoms with Crippen molar-refractivity contribution in [2.75, 3.05) is 11.1 Å². The van der Waals surface area contributed by atoms with Crippen LogP contribution in [0, 0.1) is 23.7 Å². The summed E-state index contributed by atoms with van der Waals surface area (Å²) in [5.41, 5.74) is 3.38. The van der Waals surface area contributed by atoms with E-state index in [-0.39, 0.29) is 22.9 Å². The van der Waals surface area contributed by atoms with Crippen molar-refractivity contribution in [3.63, 3.8) is 0 Å². The molecule has 0 spiro atoms. The minimum absolute atomic E-state index is 0.0271. The first-order valence-electron chi connectivity index (χ1n) is 10.5. The molecule has 0 bridgehead atoms. The van der Waals surface area contributed by atoms with Crippen molar-refractivity contribution in [3.8, 4) is 6.07 Å². The third-order valence-corrected chi connectivity index (χ3v) is 6.74. The van der Waals surface area contributed by atoms with Gasteiger partial charge in [-0.1, -0.05) is 43.8 Å². The maximum Gasteiger partial charge on any atom is 0.234 e. The molecular formula is C25H25N3O3S. The van der Waals surface area contributed by atoms with Crippen molar-refractivity contribution in [2.45, 2.75) is 39.5 Å². The largest absolute Gasteiger partial charge is 0.468 e. The zero-order valence-corrected chi connectivity index (χ0v) is 19.1. The molecule has 1 aliphatic heterocycles. The predicted octanol–water partition coefficient (Wildman–Crippen LogP) is 5.03. The van der Waals surface area contributed by atoms with E-state index in [0.29, 0.717) is 34.8 Å². The second kappa shape index (κ2) is 8.71. The van der Waals surface area contributed by atoms with Gasteiger partial charge in [0.25, 0.3) is 0 Å². The number of amides is 1. The molecule has 1 aromatic carbocycles. The van der Waals surface area contributed by atoms with Crippen LogP contribution in [0.4, 0.5) is 5.69 Å². The van der Waals surface area contributed by atoms with Gasteiger partial charge in [0.1, 0.15) is 5.76 Å². The van der Waals surface area contributed by atoms with Gasteiger partial charge in [0.15, 0.2) is 5.78 Å². The van der Waals surface area contributed by atoms with Crippen molar-refractivity contribution in [1.82, 2.24) is 5.32 Å². The number of nitrogens with one attached hydrogen (secondary N) is 2. The fraction of sp³-hybridized carbons (Fsp3) is 0.320. The Morgan fingerprint density at radius 1 is 1.28 bits per heavy atom. The summed E-state index contributed by atoms with van der Waals surface area (Å²) in [5, 5.41) is 16.8. The molecule has 2 heterocycles. The van der Waals surface area contributed by atoms with Crippen LogP contribution < -0.4 is 10.6 Å². The van der Waals surface area contributed by atoms with Crippen molar-refractivity contribution in [1.29, 1.82) is 5.26 Å². The average molecular weight is 448 g/mol. The molecule has 1 atom stereocenters. The van der Waals surface area contributed by atoms with E-state index in [2.05, 4.69) is 30.6 Å². The number of hydrogen-bond acceptors (Lipinski definition) is 6. The highest BCUT2D eigenvalue weighted by molar-refractivity contribution is 8.03. The van der Waals surface area contributed by atoms with Crippen LogP contribution in [0.1, 0.15) is 43.9 Å². The average Bonchev–Trinajstić information content (AvgIpc) is 3.26. The SMILES string of the molecule is Cc1ccccc1NC(=O)CSC1=C(C#N)[C@H](c2ccco2)C2=C(CC(C)(C)CC2=O)N1. The molecule has 0 unspecified atom stereocenters. The number of furan rings is 1. The summed E-state index contributed by atoms with van der Waals surface area (Å²) in [6.45, 7) is 6.06. The Bertz CT molecular complexity index is 1170. The number of aryl methyl sites for hydroxylation is 1. The molecule has 32 heavy (non-hydrogen) atoms. The van der Waals surface area contributed by atoms with E-state index in [1.807, 2.05) is 31.2 Å². The minimum Gasteiger partial charge on any atom is -0.468 e. The molecule has 2 aromatic rings. The van der Waals surface area contributed by atoms with E-state index in [9.17, 15) is 14.9 Å². The minimum atomic E-state index is -0.559. The zero-order chi connectivity index (χ0) is 22.9. The monoisotopic (exact) mass is 447 g/mol. The second-order valence-electron chi connectivity index (χ2n) is 8.91. The number of allylic oxidation sites excluding steroid dienone is 3. The van der Waals surface area contributed by atoms with Gasteiger partial charge in [0.2, 0.25) is 5.91 Å². The lowest BCUT2D eigenvalue weighted by molar-refractivity contribution is -0.118. The maximum absolute atomic E-state index is 13.1. The first-order chi connectivity index (χ1) is 15.3. The molecule has 1 aromatic heterocycles. The highest BCUT2D eigenvalue weighted by Gasteiger charge is 2.42. The molecule has 2 N–H and O–H groups in total. The van der Waals surface area contributed by atoms with E-state index in [4.69, 9.17) is 4.42 Å². The van der Waals surface area contributed by atoms with Crippen LogP contribution in [0.2, 0.25) is 0 Å². The van der Waals surface area contributed by atoms with Crippen molar-refractivity contribution < 1.29 is 14.0 Å². The summed E-state index contributed by atoms with van der Waals surface area (Å²) in [5.74, 6) is -0.000454. The predicted molar refractivity (Wildman–Crippen MR) is 125 cm³/mol. The van der Waals surface area contributed by atoms with Gasteiger partial charge in [0.05, 0.1) is 34.6 Å². The summed E-state index contributed by atoms with van der Waals surface area (Å²) in [6.07, 6.45) is 2.65. The summed E-state index contributed by atoms with van der Waals surface area (Å²) in [7, 11) is 0. The lowest BCUT2D eigenvalue weighted by Gasteiger charge is -2.38. The van der Waals surface area contributed by atoms with Gasteiger partial charge in [-0.25, -0.2) is 0 Å². The lowest BCUT2D eigenvalue weighted by atomic mass is 9.70. The van der Waals surface area contributed by atoms with Crippen molar-refractivity contribution in [2.24, 2.45) is 5.41 Å². The van der Waals surface area contributed by atoms with E-state index in [1.165, 1.54) is 11.8 Å². The number of ketones is 1. The highest BCUT2D eigenvalue weighted by atomic mass is 32.2. The molecule has 0 saturated heterocycles. The summed E-state index contributed by atoms with van der Waals surface area (Å²) < 4.78 is 5.63. The Labute approximate surface area is 191 Å². The Kier molecular flexibility index (Phi) is 5.98. The number of rotatable bonds is 5. The van der Waals surface area contributed by atoms with Gasteiger partial charge in [-0.2, -0.15) is 5.26 Å². The number of benzene rings is 1. The van der Waals surface area contributed by atoms with Crippen LogP contribution in [-0.4, -0.2) is 17.4 Å². The van der Waals surface area contributed by atoms with Gasteiger partial charge in [0, 0.05) is 23.4 Å². The molecule has 7 heteroatoms. The van der Waals surface area contributed by atoms with Gasteiger partial charge >= 0.3 is 0 Å². The first-order valence-corrected chi connectivity index (χ1v) is 11.5. The first kappa shape index (κ1) is 22.0. The quantitative estimate of drug-likeness (QED) is 0.668. The topological polar surface area (TPSA) is 95.1 Å². The molecule has 164 valence electrons. The number of carbonyl (C=O) groups is 2. The van der Waals surface area contributed by atoms with Crippen LogP contribution in [0.3, 0.4) is 0 Å². The summed E-state index contributed by atoms with van der Waals surface area (Å²) in [6, 6.07) is 13.4. The molecule has 2 aliphatic rings. The van der Waals surface area contributed by atoms with Crippen LogP contribution in [0.15, 0.2) is 69.0 Å². The molecule has 1 aliphatic carbocycles. The Hall–Kier alpha value is -3.24. The number of para-hydroxylation sites is 1. The maximum atomic E-state index is 13.1. The molecule has 0 radical (unpaired) electrons. The summed E-state index contributed by atoms with van der Waals surface area (Å²) in [4.78, 5) is 25.7. The van der Waals surface area contributed by atoms with Crippen LogP contribution in [0.25, 0.3) is 0 Å². The number of Topliss-reactive ketones (excluding diaryl/α,β-unsaturated/α-hetero) is 1. The number of thioether (sulfide) groups is 1. The fourth-order valence-electron chi connectivity index (χ4n) is 4.27. The Morgan fingerprint density at radius 3 is 2.75 bits per heavy atom. The lowest BCUT2D eigenvalue weighted by Crippen LogP contribution is -2.37. The van der Waals surface area contributed by atoms with Crippen LogP contribution in [-0.2, 0) is 9.59 Å². The van der Waals surface area contributed by atoms with E-state index < -0.39 is 5.92 Å². The number of dihydropyridines is 1. The molecule has 1 amide bonds. The third-order valence-electron chi connectivity index (χ3n) is 5.72. The molecule has 6 nitrogen and oxygen atoms in total. The van der Waals surface area contributed by atoms with Gasteiger partial charge < -0.3 is 15.1 Å². The van der Waals surface area contributed by atoms with Gasteiger partial charge in [-0.05, 0) is 42.5 Å². The van der Waals surface area contributed by atoms with E-state index in [1.54, 1.807) is 18.4 Å². The number of nitrogens with zero attached hydrogens (tertiary/aromatic N) is 1. The Balaban J connectivity index is 1.62. The number of nitriles is 1. The number of hydrogen-bond donors (Lipinski definition) is 2. The zero-order valence-electron chi connectivity index (χ0n) is 18.3. The molecule has 0 fully saturated rings. The smallest absolute Gasteiger partial charge is 0.234 e. The number of carbonyl (C=O) groups excluding carboxylic acids is 2. The van der Waals surface area contributed by atoms with Gasteiger partial charge in [-0.15, -0.1) is 0 Å². The normalized spacial score (nSPS) is 19.8. The van der Waals surface area contributed by atoms with Crippen molar-refractivity contribution >= 4 is 29.1 Å². The third kappa shape index (κ3) is 4.37. The Morgan fingerprint density at radius 2 is 2.06 bits per heavy atom.